The van der Waals surface area contributed by atoms with E-state index in [1.54, 1.807) is 12.1 Å². The molecule has 0 aliphatic rings. The predicted octanol–water partition coefficient (Wildman–Crippen LogP) is 2.43. The molecule has 0 heterocycles. The van der Waals surface area contributed by atoms with Crippen LogP contribution in [0.15, 0.2) is 24.3 Å². The van der Waals surface area contributed by atoms with Gasteiger partial charge in [-0.1, -0.05) is 32.0 Å². The minimum atomic E-state index is -0.451. The number of rotatable bonds is 8. The zero-order chi connectivity index (χ0) is 15.1. The molecule has 0 spiro atoms. The van der Waals surface area contributed by atoms with Gasteiger partial charge in [0.2, 0.25) is 0 Å². The van der Waals surface area contributed by atoms with Crippen molar-refractivity contribution in [2.24, 2.45) is 5.92 Å². The first-order chi connectivity index (χ1) is 9.41. The van der Waals surface area contributed by atoms with Crippen molar-refractivity contribution >= 4 is 0 Å². The fourth-order valence-electron chi connectivity index (χ4n) is 2.15. The van der Waals surface area contributed by atoms with Gasteiger partial charge in [0.15, 0.2) is 0 Å². The molecular weight excluding hydrogens is 255 g/mol. The van der Waals surface area contributed by atoms with E-state index in [1.807, 2.05) is 24.9 Å². The zero-order valence-electron chi connectivity index (χ0n) is 12.9. The van der Waals surface area contributed by atoms with Crippen LogP contribution in [-0.2, 0) is 0 Å². The van der Waals surface area contributed by atoms with Crippen LogP contribution in [0.5, 0.6) is 0 Å². The maximum absolute atomic E-state index is 13.7. The molecule has 114 valence electrons. The van der Waals surface area contributed by atoms with E-state index in [1.165, 1.54) is 6.07 Å². The van der Waals surface area contributed by atoms with Crippen molar-refractivity contribution in [2.75, 3.05) is 26.7 Å². The lowest BCUT2D eigenvalue weighted by Gasteiger charge is -2.27. The highest BCUT2D eigenvalue weighted by Crippen LogP contribution is 2.21. The van der Waals surface area contributed by atoms with Crippen LogP contribution in [-0.4, -0.2) is 42.8 Å². The molecule has 0 aromatic heterocycles. The zero-order valence-corrected chi connectivity index (χ0v) is 12.9. The molecule has 0 aliphatic carbocycles. The molecule has 20 heavy (non-hydrogen) atoms. The van der Waals surface area contributed by atoms with Crippen molar-refractivity contribution in [3.8, 4) is 0 Å². The summed E-state index contributed by atoms with van der Waals surface area (Å²) in [5.41, 5.74) is 0.664. The molecule has 3 nitrogen and oxygen atoms in total. The topological polar surface area (TPSA) is 35.5 Å². The Kier molecular flexibility index (Phi) is 7.13. The second kappa shape index (κ2) is 8.35. The molecule has 0 saturated carbocycles. The van der Waals surface area contributed by atoms with Gasteiger partial charge in [0.25, 0.3) is 0 Å². The van der Waals surface area contributed by atoms with Crippen molar-refractivity contribution in [1.29, 1.82) is 0 Å². The lowest BCUT2D eigenvalue weighted by molar-refractivity contribution is 0.105. The molecule has 1 aromatic rings. The van der Waals surface area contributed by atoms with Crippen LogP contribution in [0.2, 0.25) is 0 Å². The maximum atomic E-state index is 13.7. The third-order valence-electron chi connectivity index (χ3n) is 3.45. The lowest BCUT2D eigenvalue weighted by atomic mass is 10.1. The number of aliphatic hydroxyl groups is 1. The summed E-state index contributed by atoms with van der Waals surface area (Å²) in [6, 6.07) is 6.73. The first kappa shape index (κ1) is 17.1. The highest BCUT2D eigenvalue weighted by Gasteiger charge is 2.17. The van der Waals surface area contributed by atoms with E-state index in [0.29, 0.717) is 24.6 Å². The molecule has 2 N–H and O–H groups in total. The minimum absolute atomic E-state index is 0.0593. The maximum Gasteiger partial charge on any atom is 0.127 e. The molecule has 1 aromatic carbocycles. The van der Waals surface area contributed by atoms with Crippen molar-refractivity contribution in [1.82, 2.24) is 10.2 Å². The molecule has 0 bridgehead atoms. The Labute approximate surface area is 121 Å². The molecule has 0 fully saturated rings. The molecule has 2 atom stereocenters. The number of nitrogens with one attached hydrogen (secondary N) is 1. The van der Waals surface area contributed by atoms with Crippen molar-refractivity contribution in [3.63, 3.8) is 0 Å². The number of likely N-dealkylation sites (N-methyl/N-ethyl adjacent to an activating group) is 1. The Morgan fingerprint density at radius 1 is 1.20 bits per heavy atom. The average Bonchev–Trinajstić information content (AvgIpc) is 2.38. The van der Waals surface area contributed by atoms with Gasteiger partial charge in [-0.05, 0) is 32.5 Å². The van der Waals surface area contributed by atoms with E-state index < -0.39 is 6.10 Å². The van der Waals surface area contributed by atoms with E-state index in [4.69, 9.17) is 0 Å². The van der Waals surface area contributed by atoms with Gasteiger partial charge in [-0.2, -0.15) is 0 Å². The lowest BCUT2D eigenvalue weighted by Crippen LogP contribution is -2.38. The average molecular weight is 282 g/mol. The molecule has 4 heteroatoms. The van der Waals surface area contributed by atoms with Crippen LogP contribution in [0.1, 0.15) is 32.4 Å². The van der Waals surface area contributed by atoms with E-state index in [0.717, 1.165) is 6.54 Å². The summed E-state index contributed by atoms with van der Waals surface area (Å²) in [5.74, 6) is 0.372. The summed E-state index contributed by atoms with van der Waals surface area (Å²) < 4.78 is 13.7. The number of hydrogen-bond donors (Lipinski definition) is 2. The van der Waals surface area contributed by atoms with E-state index in [9.17, 15) is 9.50 Å². The summed E-state index contributed by atoms with van der Waals surface area (Å²) in [6.07, 6.45) is -0.451. The number of nitrogens with zero attached hydrogens (tertiary/aromatic N) is 1. The Hall–Kier alpha value is -0.970. The van der Waals surface area contributed by atoms with E-state index >= 15 is 0 Å². The first-order valence-electron chi connectivity index (χ1n) is 7.25. The van der Waals surface area contributed by atoms with Gasteiger partial charge in [-0.25, -0.2) is 4.39 Å². The summed E-state index contributed by atoms with van der Waals surface area (Å²) in [5, 5.41) is 13.2. The van der Waals surface area contributed by atoms with Gasteiger partial charge in [0.1, 0.15) is 5.82 Å². The van der Waals surface area contributed by atoms with E-state index in [-0.39, 0.29) is 11.9 Å². The number of benzene rings is 1. The standard InChI is InChI=1S/C16H27FN2O/c1-12(2)9-18-10-14(20)11-19(4)13(3)15-7-5-6-8-16(15)17/h5-8,12-14,18,20H,9-11H2,1-4H3. The molecule has 0 saturated heterocycles. The largest absolute Gasteiger partial charge is 0.390 e. The fourth-order valence-corrected chi connectivity index (χ4v) is 2.15. The number of halogens is 1. The third-order valence-corrected chi connectivity index (χ3v) is 3.45. The van der Waals surface area contributed by atoms with Crippen LogP contribution < -0.4 is 5.32 Å². The molecule has 0 radical (unpaired) electrons. The minimum Gasteiger partial charge on any atom is -0.390 e. The molecule has 2 unspecified atom stereocenters. The van der Waals surface area contributed by atoms with E-state index in [2.05, 4.69) is 19.2 Å². The van der Waals surface area contributed by atoms with Crippen LogP contribution in [0, 0.1) is 11.7 Å². The monoisotopic (exact) mass is 282 g/mol. The predicted molar refractivity (Wildman–Crippen MR) is 81.2 cm³/mol. The summed E-state index contributed by atoms with van der Waals surface area (Å²) in [6.45, 7) is 8.18. The highest BCUT2D eigenvalue weighted by atomic mass is 19.1. The second-order valence-corrected chi connectivity index (χ2v) is 5.84. The van der Waals surface area contributed by atoms with Crippen LogP contribution in [0.25, 0.3) is 0 Å². The Bertz CT molecular complexity index is 398. The third kappa shape index (κ3) is 5.57. The van der Waals surface area contributed by atoms with Gasteiger partial charge in [0, 0.05) is 24.7 Å². The molecule has 0 amide bonds. The Morgan fingerprint density at radius 2 is 1.85 bits per heavy atom. The van der Waals surface area contributed by atoms with Crippen LogP contribution in [0.3, 0.4) is 0 Å². The molecular formula is C16H27FN2O. The van der Waals surface area contributed by atoms with Crippen molar-refractivity contribution < 1.29 is 9.50 Å². The Balaban J connectivity index is 2.45. The smallest absolute Gasteiger partial charge is 0.127 e. The van der Waals surface area contributed by atoms with Crippen molar-refractivity contribution in [2.45, 2.75) is 32.9 Å². The first-order valence-corrected chi connectivity index (χ1v) is 7.25. The second-order valence-electron chi connectivity index (χ2n) is 5.84. The SMILES string of the molecule is CC(C)CNCC(O)CN(C)C(C)c1ccccc1F. The summed E-state index contributed by atoms with van der Waals surface area (Å²) in [7, 11) is 1.91. The summed E-state index contributed by atoms with van der Waals surface area (Å²) >= 11 is 0. The van der Waals surface area contributed by atoms with Gasteiger partial charge in [-0.3, -0.25) is 4.90 Å². The van der Waals surface area contributed by atoms with Crippen LogP contribution >= 0.6 is 0 Å². The number of hydrogen-bond acceptors (Lipinski definition) is 3. The van der Waals surface area contributed by atoms with Gasteiger partial charge < -0.3 is 10.4 Å². The fraction of sp³-hybridized carbons (Fsp3) is 0.625. The van der Waals surface area contributed by atoms with Gasteiger partial charge >= 0.3 is 0 Å². The van der Waals surface area contributed by atoms with Crippen LogP contribution in [0.4, 0.5) is 4.39 Å². The molecule has 0 aliphatic heterocycles. The van der Waals surface area contributed by atoms with Gasteiger partial charge in [0.05, 0.1) is 6.10 Å². The van der Waals surface area contributed by atoms with Crippen molar-refractivity contribution in [3.05, 3.63) is 35.6 Å². The summed E-state index contributed by atoms with van der Waals surface area (Å²) in [4.78, 5) is 1.97. The number of aliphatic hydroxyl groups excluding tert-OH is 1. The normalized spacial score (nSPS) is 14.8. The quantitative estimate of drug-likeness (QED) is 0.768. The molecule has 1 rings (SSSR count). The Morgan fingerprint density at radius 3 is 2.45 bits per heavy atom. The van der Waals surface area contributed by atoms with Gasteiger partial charge in [-0.15, -0.1) is 0 Å². The highest BCUT2D eigenvalue weighted by molar-refractivity contribution is 5.20.